The summed E-state index contributed by atoms with van der Waals surface area (Å²) in [5.74, 6) is -3.78. The molecule has 0 aromatic rings. The van der Waals surface area contributed by atoms with Crippen LogP contribution in [0.1, 0.15) is 13.3 Å². The van der Waals surface area contributed by atoms with E-state index in [1.54, 1.807) is 0 Å². The molecule has 0 spiro atoms. The van der Waals surface area contributed by atoms with Crippen molar-refractivity contribution < 1.29 is 120 Å². The van der Waals surface area contributed by atoms with E-state index in [1.165, 1.54) is 6.92 Å². The molecule has 0 aromatic carbocycles. The van der Waals surface area contributed by atoms with E-state index < -0.39 is 185 Å². The van der Waals surface area contributed by atoms with Crippen molar-refractivity contribution in [2.75, 3.05) is 26.4 Å². The van der Waals surface area contributed by atoms with Gasteiger partial charge in [-0.1, -0.05) is 0 Å². The molecule has 4 saturated heterocycles. The molecule has 328 valence electrons. The number of hydrogen-bond acceptors (Lipinski definition) is 24. The average Bonchev–Trinajstić information content (AvgIpc) is 3.18. The number of hydrogen-bond donors (Lipinski definition) is 17. The van der Waals surface area contributed by atoms with E-state index in [0.717, 1.165) is 0 Å². The fourth-order valence-electron chi connectivity index (χ4n) is 8.14. The maximum atomic E-state index is 11.3. The predicted molar refractivity (Wildman–Crippen MR) is 173 cm³/mol. The Bertz CT molecular complexity index is 1220. The molecule has 4 heterocycles. The highest BCUT2D eigenvalue weighted by Crippen LogP contribution is 2.41. The van der Waals surface area contributed by atoms with Gasteiger partial charge in [0.15, 0.2) is 25.2 Å². The molecule has 1 saturated carbocycles. The van der Waals surface area contributed by atoms with Gasteiger partial charge in [0.2, 0.25) is 0 Å². The molecule has 0 aromatic heterocycles. The Labute approximate surface area is 318 Å². The first-order valence-electron chi connectivity index (χ1n) is 18.3. The molecule has 4 aliphatic heterocycles. The summed E-state index contributed by atoms with van der Waals surface area (Å²) in [5.41, 5.74) is 0. The lowest BCUT2D eigenvalue weighted by atomic mass is 9.68. The predicted octanol–water partition coefficient (Wildman–Crippen LogP) is -10.4. The van der Waals surface area contributed by atoms with Crippen molar-refractivity contribution in [1.29, 1.82) is 0 Å². The first kappa shape index (κ1) is 46.1. The van der Waals surface area contributed by atoms with E-state index in [4.69, 9.17) is 33.2 Å². The number of rotatable bonds is 12. The third kappa shape index (κ3) is 8.90. The molecule has 0 radical (unpaired) electrons. The zero-order chi connectivity index (χ0) is 41.5. The topological polar surface area (TPSA) is 409 Å². The summed E-state index contributed by atoms with van der Waals surface area (Å²) in [6.45, 7) is -1.91. The SMILES string of the molecule is CC1O[C@@H](O[C@H]2C(CO)O[C@@H](O[C@H]3C(CO)OC(O)C(O)[C@H]3O)C(O)[C@H]2O)C(O)[C@@H](O)[C@H]1CC1C(O)C(O)C(O[C@@H]2OC(CO)[C@H](O)[C@H](O)C2O)C(CO)C1O. The molecule has 1 aliphatic carbocycles. The maximum absolute atomic E-state index is 11.3. The van der Waals surface area contributed by atoms with Crippen molar-refractivity contribution in [1.82, 2.24) is 0 Å². The Kier molecular flexibility index (Phi) is 15.8. The van der Waals surface area contributed by atoms with Gasteiger partial charge in [0.05, 0.1) is 56.9 Å². The van der Waals surface area contributed by atoms with Crippen molar-refractivity contribution in [2.24, 2.45) is 17.8 Å². The van der Waals surface area contributed by atoms with E-state index >= 15 is 0 Å². The molecule has 26 atom stereocenters. The molecule has 17 N–H and O–H groups in total. The van der Waals surface area contributed by atoms with Crippen LogP contribution in [0, 0.1) is 17.8 Å². The largest absolute Gasteiger partial charge is 0.396 e. The van der Waals surface area contributed by atoms with Gasteiger partial charge < -0.3 is 120 Å². The van der Waals surface area contributed by atoms with Crippen LogP contribution in [0.2, 0.25) is 0 Å². The molecular formula is C32H56O24. The zero-order valence-electron chi connectivity index (χ0n) is 30.0. The van der Waals surface area contributed by atoms with E-state index in [9.17, 15) is 86.8 Å². The molecule has 24 heteroatoms. The van der Waals surface area contributed by atoms with E-state index in [0.29, 0.717) is 0 Å². The molecule has 0 amide bonds. The Hall–Kier alpha value is -0.960. The van der Waals surface area contributed by atoms with Crippen molar-refractivity contribution in [3.63, 3.8) is 0 Å². The quantitative estimate of drug-likeness (QED) is 0.0868. The molecular weight excluding hydrogens is 768 g/mol. The highest BCUT2D eigenvalue weighted by molar-refractivity contribution is 5.03. The summed E-state index contributed by atoms with van der Waals surface area (Å²) in [4.78, 5) is 0. The fraction of sp³-hybridized carbons (Fsp3) is 1.00. The summed E-state index contributed by atoms with van der Waals surface area (Å²) in [5, 5.41) is 178. The van der Waals surface area contributed by atoms with Crippen molar-refractivity contribution in [2.45, 2.75) is 154 Å². The van der Waals surface area contributed by atoms with E-state index in [-0.39, 0.29) is 6.42 Å². The summed E-state index contributed by atoms with van der Waals surface area (Å²) < 4.78 is 38.5. The van der Waals surface area contributed by atoms with Crippen LogP contribution in [0.4, 0.5) is 0 Å². The summed E-state index contributed by atoms with van der Waals surface area (Å²) in [6.07, 6.45) is -40.1. The van der Waals surface area contributed by atoms with Gasteiger partial charge in [-0.2, -0.15) is 0 Å². The van der Waals surface area contributed by atoms with Gasteiger partial charge in [-0.25, -0.2) is 0 Å². The number of aliphatic hydroxyl groups is 17. The molecule has 5 rings (SSSR count). The minimum Gasteiger partial charge on any atom is -0.396 e. The van der Waals surface area contributed by atoms with Crippen molar-refractivity contribution in [3.05, 3.63) is 0 Å². The number of ether oxygens (including phenoxy) is 7. The molecule has 15 unspecified atom stereocenters. The van der Waals surface area contributed by atoms with Gasteiger partial charge in [0.1, 0.15) is 85.5 Å². The lowest BCUT2D eigenvalue weighted by Crippen LogP contribution is -2.66. The first-order valence-corrected chi connectivity index (χ1v) is 18.3. The van der Waals surface area contributed by atoms with E-state index in [2.05, 4.69) is 0 Å². The van der Waals surface area contributed by atoms with Gasteiger partial charge in [-0.3, -0.25) is 0 Å². The molecule has 5 fully saturated rings. The van der Waals surface area contributed by atoms with Crippen LogP contribution in [-0.2, 0) is 33.2 Å². The summed E-state index contributed by atoms with van der Waals surface area (Å²) in [6, 6.07) is 0. The third-order valence-corrected chi connectivity index (χ3v) is 11.6. The minimum atomic E-state index is -2.00. The standard InChI is InChI=1S/C32H56O24/c1-7-8(2-9-14(37)10(3-33)26(19(42)16(9)39)54-31-24(47)18(41)17(40)11(4-34)52-31)15(38)23(46)30(50-7)55-28-13(6-36)53-32(25(48)21(28)44)56-27-12(5-35)51-29(49)22(45)20(27)43/h7-49H,2-6H2,1H3/t7?,8-,9?,10?,11?,12?,13?,14?,15-,16?,17-,18-,19?,20+,21+,22?,23?,24?,25?,26?,27-,28-,29?,30-,31-,32-/m0/s1. The normalized spacial score (nSPS) is 54.5. The van der Waals surface area contributed by atoms with Gasteiger partial charge >= 0.3 is 0 Å². The van der Waals surface area contributed by atoms with Crippen LogP contribution in [0.5, 0.6) is 0 Å². The van der Waals surface area contributed by atoms with Crippen molar-refractivity contribution >= 4 is 0 Å². The molecule has 0 bridgehead atoms. The smallest absolute Gasteiger partial charge is 0.187 e. The average molecular weight is 825 g/mol. The van der Waals surface area contributed by atoms with Crippen LogP contribution in [0.25, 0.3) is 0 Å². The van der Waals surface area contributed by atoms with Crippen LogP contribution < -0.4 is 0 Å². The second-order valence-electron chi connectivity index (χ2n) is 15.0. The lowest BCUT2D eigenvalue weighted by molar-refractivity contribution is -0.375. The van der Waals surface area contributed by atoms with Crippen LogP contribution in [-0.4, -0.2) is 254 Å². The fourth-order valence-corrected chi connectivity index (χ4v) is 8.14. The van der Waals surface area contributed by atoms with E-state index in [1.807, 2.05) is 0 Å². The highest BCUT2D eigenvalue weighted by atomic mass is 16.8. The van der Waals surface area contributed by atoms with Gasteiger partial charge in [-0.15, -0.1) is 0 Å². The van der Waals surface area contributed by atoms with Gasteiger partial charge in [0.25, 0.3) is 0 Å². The summed E-state index contributed by atoms with van der Waals surface area (Å²) >= 11 is 0. The molecule has 24 nitrogen and oxygen atoms in total. The maximum Gasteiger partial charge on any atom is 0.187 e. The van der Waals surface area contributed by atoms with Gasteiger partial charge in [-0.05, 0) is 13.3 Å². The number of aliphatic hydroxyl groups excluding tert-OH is 17. The highest BCUT2D eigenvalue weighted by Gasteiger charge is 2.57. The second-order valence-corrected chi connectivity index (χ2v) is 15.0. The minimum absolute atomic E-state index is 0.349. The Balaban J connectivity index is 1.22. The Morgan fingerprint density at radius 2 is 0.786 bits per heavy atom. The molecule has 5 aliphatic rings. The van der Waals surface area contributed by atoms with Gasteiger partial charge in [0, 0.05) is 17.8 Å². The molecule has 56 heavy (non-hydrogen) atoms. The van der Waals surface area contributed by atoms with Crippen LogP contribution in [0.15, 0.2) is 0 Å². The Morgan fingerprint density at radius 3 is 1.34 bits per heavy atom. The van der Waals surface area contributed by atoms with Crippen LogP contribution >= 0.6 is 0 Å². The third-order valence-electron chi connectivity index (χ3n) is 11.6. The van der Waals surface area contributed by atoms with Crippen LogP contribution in [0.3, 0.4) is 0 Å². The second kappa shape index (κ2) is 19.2. The Morgan fingerprint density at radius 1 is 0.357 bits per heavy atom. The van der Waals surface area contributed by atoms with Crippen molar-refractivity contribution in [3.8, 4) is 0 Å². The lowest BCUT2D eigenvalue weighted by Gasteiger charge is -2.50. The summed E-state index contributed by atoms with van der Waals surface area (Å²) in [7, 11) is 0. The monoisotopic (exact) mass is 824 g/mol. The zero-order valence-corrected chi connectivity index (χ0v) is 30.0. The first-order chi connectivity index (χ1) is 26.4.